The molecule has 0 saturated carbocycles. The third-order valence-corrected chi connectivity index (χ3v) is 3.97. The molecule has 9 heteroatoms. The highest BCUT2D eigenvalue weighted by atomic mass is 35.5. The van der Waals surface area contributed by atoms with Gasteiger partial charge in [0.25, 0.3) is 0 Å². The van der Waals surface area contributed by atoms with Crippen LogP contribution in [0, 0.1) is 0 Å². The number of methoxy groups -OCH3 is 2. The molecule has 0 unspecified atom stereocenters. The zero-order chi connectivity index (χ0) is 17.3. The SMILES string of the molecule is COc1ccc(Cl)c(-c2nnc(-c3nc(OC)ccc3Cl)n2C)n1. The number of nitrogens with zero attached hydrogens (tertiary/aromatic N) is 5. The molecular formula is C15H13Cl2N5O2. The molecule has 0 atom stereocenters. The van der Waals surface area contributed by atoms with Crippen LogP contribution in [0.2, 0.25) is 10.0 Å². The van der Waals surface area contributed by atoms with Gasteiger partial charge in [0.15, 0.2) is 11.6 Å². The van der Waals surface area contributed by atoms with Crippen molar-refractivity contribution in [2.24, 2.45) is 7.05 Å². The Kier molecular flexibility index (Phi) is 4.55. The van der Waals surface area contributed by atoms with Crippen LogP contribution in [0.3, 0.4) is 0 Å². The fraction of sp³-hybridized carbons (Fsp3) is 0.200. The topological polar surface area (TPSA) is 75.0 Å². The van der Waals surface area contributed by atoms with Crippen LogP contribution in [0.1, 0.15) is 0 Å². The van der Waals surface area contributed by atoms with E-state index in [1.54, 1.807) is 35.9 Å². The van der Waals surface area contributed by atoms with Crippen LogP contribution in [0.5, 0.6) is 11.8 Å². The number of halogens is 2. The number of aromatic nitrogens is 5. The monoisotopic (exact) mass is 365 g/mol. The Bertz CT molecular complexity index is 827. The Morgan fingerprint density at radius 3 is 1.58 bits per heavy atom. The smallest absolute Gasteiger partial charge is 0.213 e. The van der Waals surface area contributed by atoms with Gasteiger partial charge in [0.2, 0.25) is 11.8 Å². The fourth-order valence-corrected chi connectivity index (χ4v) is 2.51. The van der Waals surface area contributed by atoms with Crippen LogP contribution in [-0.2, 0) is 7.05 Å². The van der Waals surface area contributed by atoms with Gasteiger partial charge >= 0.3 is 0 Å². The molecule has 3 rings (SSSR count). The van der Waals surface area contributed by atoms with Crippen molar-refractivity contribution in [2.75, 3.05) is 14.2 Å². The van der Waals surface area contributed by atoms with Gasteiger partial charge in [0.05, 0.1) is 24.3 Å². The van der Waals surface area contributed by atoms with E-state index in [4.69, 9.17) is 32.7 Å². The van der Waals surface area contributed by atoms with E-state index in [2.05, 4.69) is 20.2 Å². The Labute approximate surface area is 148 Å². The summed E-state index contributed by atoms with van der Waals surface area (Å²) >= 11 is 12.5. The summed E-state index contributed by atoms with van der Waals surface area (Å²) in [4.78, 5) is 8.66. The number of ether oxygens (including phenoxy) is 2. The first kappa shape index (κ1) is 16.5. The minimum Gasteiger partial charge on any atom is -0.481 e. The van der Waals surface area contributed by atoms with Gasteiger partial charge in [-0.15, -0.1) is 10.2 Å². The molecule has 0 amide bonds. The van der Waals surface area contributed by atoms with Gasteiger partial charge in [-0.2, -0.15) is 0 Å². The molecule has 0 aromatic carbocycles. The van der Waals surface area contributed by atoms with Crippen molar-refractivity contribution in [3.05, 3.63) is 34.3 Å². The zero-order valence-electron chi connectivity index (χ0n) is 13.1. The van der Waals surface area contributed by atoms with Crippen LogP contribution in [0.15, 0.2) is 24.3 Å². The molecule has 0 saturated heterocycles. The summed E-state index contributed by atoms with van der Waals surface area (Å²) in [6.07, 6.45) is 0. The molecule has 0 spiro atoms. The molecule has 3 heterocycles. The van der Waals surface area contributed by atoms with Crippen LogP contribution in [-0.4, -0.2) is 39.0 Å². The predicted molar refractivity (Wildman–Crippen MR) is 90.6 cm³/mol. The number of pyridine rings is 2. The third kappa shape index (κ3) is 2.88. The van der Waals surface area contributed by atoms with Crippen LogP contribution in [0.4, 0.5) is 0 Å². The summed E-state index contributed by atoms with van der Waals surface area (Å²) in [5.74, 6) is 1.79. The quantitative estimate of drug-likeness (QED) is 0.706. The normalized spacial score (nSPS) is 10.7. The Morgan fingerprint density at radius 1 is 0.792 bits per heavy atom. The molecule has 0 aliphatic heterocycles. The van der Waals surface area contributed by atoms with Crippen LogP contribution < -0.4 is 9.47 Å². The zero-order valence-corrected chi connectivity index (χ0v) is 14.6. The van der Waals surface area contributed by atoms with Gasteiger partial charge < -0.3 is 14.0 Å². The van der Waals surface area contributed by atoms with E-state index in [1.807, 2.05) is 0 Å². The van der Waals surface area contributed by atoms with Gasteiger partial charge in [-0.1, -0.05) is 23.2 Å². The minimum atomic E-state index is 0.427. The van der Waals surface area contributed by atoms with Gasteiger partial charge in [-0.05, 0) is 12.1 Å². The van der Waals surface area contributed by atoms with E-state index in [9.17, 15) is 0 Å². The van der Waals surface area contributed by atoms with Gasteiger partial charge in [-0.25, -0.2) is 9.97 Å². The molecule has 24 heavy (non-hydrogen) atoms. The predicted octanol–water partition coefficient (Wildman–Crippen LogP) is 3.26. The Morgan fingerprint density at radius 2 is 1.21 bits per heavy atom. The highest BCUT2D eigenvalue weighted by Gasteiger charge is 2.20. The Hall–Kier alpha value is -2.38. The van der Waals surface area contributed by atoms with E-state index in [1.165, 1.54) is 14.2 Å². The summed E-state index contributed by atoms with van der Waals surface area (Å²) in [6, 6.07) is 6.72. The molecule has 0 bridgehead atoms. The molecule has 7 nitrogen and oxygen atoms in total. The van der Waals surface area contributed by atoms with E-state index in [0.29, 0.717) is 44.8 Å². The second-order valence-electron chi connectivity index (χ2n) is 4.77. The first-order valence-corrected chi connectivity index (χ1v) is 7.62. The first-order valence-electron chi connectivity index (χ1n) is 6.86. The third-order valence-electron chi connectivity index (χ3n) is 3.36. The summed E-state index contributed by atoms with van der Waals surface area (Å²) < 4.78 is 12.0. The van der Waals surface area contributed by atoms with Crippen molar-refractivity contribution in [3.8, 4) is 34.8 Å². The maximum absolute atomic E-state index is 6.23. The average Bonchev–Trinajstić information content (AvgIpc) is 2.97. The fourth-order valence-electron chi connectivity index (χ4n) is 2.13. The summed E-state index contributed by atoms with van der Waals surface area (Å²) in [5.41, 5.74) is 0.910. The van der Waals surface area contributed by atoms with E-state index in [-0.39, 0.29) is 0 Å². The molecule has 0 N–H and O–H groups in total. The van der Waals surface area contributed by atoms with Crippen LogP contribution >= 0.6 is 23.2 Å². The van der Waals surface area contributed by atoms with Gasteiger partial charge in [-0.3, -0.25) is 0 Å². The summed E-state index contributed by atoms with van der Waals surface area (Å²) in [6.45, 7) is 0. The average molecular weight is 366 g/mol. The van der Waals surface area contributed by atoms with Crippen molar-refractivity contribution in [3.63, 3.8) is 0 Å². The van der Waals surface area contributed by atoms with Gasteiger partial charge in [0.1, 0.15) is 11.4 Å². The summed E-state index contributed by atoms with van der Waals surface area (Å²) in [5, 5.41) is 9.20. The molecular weight excluding hydrogens is 353 g/mol. The number of hydrogen-bond acceptors (Lipinski definition) is 6. The number of hydrogen-bond donors (Lipinski definition) is 0. The van der Waals surface area contributed by atoms with Gasteiger partial charge in [0, 0.05) is 19.2 Å². The molecule has 0 radical (unpaired) electrons. The van der Waals surface area contributed by atoms with Crippen molar-refractivity contribution in [2.45, 2.75) is 0 Å². The molecule has 124 valence electrons. The summed E-state index contributed by atoms with van der Waals surface area (Å²) in [7, 11) is 4.84. The van der Waals surface area contributed by atoms with Crippen molar-refractivity contribution < 1.29 is 9.47 Å². The highest BCUT2D eigenvalue weighted by Crippen LogP contribution is 2.31. The lowest BCUT2D eigenvalue weighted by molar-refractivity contribution is 0.398. The lowest BCUT2D eigenvalue weighted by atomic mass is 10.3. The van der Waals surface area contributed by atoms with Crippen molar-refractivity contribution in [1.29, 1.82) is 0 Å². The van der Waals surface area contributed by atoms with E-state index >= 15 is 0 Å². The van der Waals surface area contributed by atoms with Crippen molar-refractivity contribution in [1.82, 2.24) is 24.7 Å². The highest BCUT2D eigenvalue weighted by molar-refractivity contribution is 6.33. The molecule has 3 aromatic heterocycles. The van der Waals surface area contributed by atoms with Crippen molar-refractivity contribution >= 4 is 23.2 Å². The first-order chi connectivity index (χ1) is 11.5. The minimum absolute atomic E-state index is 0.427. The maximum atomic E-state index is 6.23. The maximum Gasteiger partial charge on any atom is 0.213 e. The molecule has 0 aliphatic rings. The standard InChI is InChI=1S/C15H13Cl2N5O2/c1-22-14(12-8(16)4-6-10(18-12)23-2)20-21-15(22)13-9(17)5-7-11(19-13)24-3/h4-7H,1-3H3. The molecule has 3 aromatic rings. The second-order valence-corrected chi connectivity index (χ2v) is 5.59. The lowest BCUT2D eigenvalue weighted by Gasteiger charge is -2.08. The second kappa shape index (κ2) is 6.62. The largest absolute Gasteiger partial charge is 0.481 e. The Balaban J connectivity index is 2.13. The van der Waals surface area contributed by atoms with E-state index < -0.39 is 0 Å². The molecule has 0 fully saturated rings. The molecule has 0 aliphatic carbocycles. The van der Waals surface area contributed by atoms with E-state index in [0.717, 1.165) is 0 Å². The lowest BCUT2D eigenvalue weighted by Crippen LogP contribution is -2.01. The number of rotatable bonds is 4. The van der Waals surface area contributed by atoms with Crippen LogP contribution in [0.25, 0.3) is 23.0 Å².